The Kier molecular flexibility index (Phi) is 3.52. The van der Waals surface area contributed by atoms with Gasteiger partial charge in [0.25, 0.3) is 0 Å². The average Bonchev–Trinajstić information content (AvgIpc) is 3.43. The van der Waals surface area contributed by atoms with Crippen LogP contribution in [0.4, 0.5) is 0 Å². The summed E-state index contributed by atoms with van der Waals surface area (Å²) in [5.74, 6) is -0.105. The Morgan fingerprint density at radius 2 is 1.70 bits per heavy atom. The molecule has 6 heteroatoms. The standard InChI is InChI=1S/C24H14N4O2/c29-23(22-12-18-17-9-5-4-8-16(17)10-11-21(18)30-22)20-14-28-24(27-26-20)19(13-25-28)15-6-2-1-3-7-15/h1-14H. The molecular formula is C24H14N4O2. The van der Waals surface area contributed by atoms with Crippen molar-refractivity contribution in [1.82, 2.24) is 19.8 Å². The molecule has 6 nitrogen and oxygen atoms in total. The Morgan fingerprint density at radius 1 is 0.867 bits per heavy atom. The molecular weight excluding hydrogens is 376 g/mol. The second kappa shape index (κ2) is 6.35. The van der Waals surface area contributed by atoms with E-state index in [1.807, 2.05) is 66.7 Å². The van der Waals surface area contributed by atoms with Crippen molar-refractivity contribution in [1.29, 1.82) is 0 Å². The van der Waals surface area contributed by atoms with Crippen molar-refractivity contribution in [2.45, 2.75) is 0 Å². The van der Waals surface area contributed by atoms with Crippen molar-refractivity contribution >= 4 is 33.2 Å². The molecule has 30 heavy (non-hydrogen) atoms. The first kappa shape index (κ1) is 16.6. The van der Waals surface area contributed by atoms with Gasteiger partial charge in [-0.2, -0.15) is 5.10 Å². The molecule has 0 aliphatic rings. The maximum atomic E-state index is 13.0. The second-order valence-corrected chi connectivity index (χ2v) is 7.05. The van der Waals surface area contributed by atoms with Crippen LogP contribution in [0.2, 0.25) is 0 Å². The molecule has 0 N–H and O–H groups in total. The van der Waals surface area contributed by atoms with Gasteiger partial charge in [-0.3, -0.25) is 4.79 Å². The highest BCUT2D eigenvalue weighted by molar-refractivity contribution is 6.12. The van der Waals surface area contributed by atoms with E-state index in [9.17, 15) is 4.79 Å². The lowest BCUT2D eigenvalue weighted by atomic mass is 10.1. The van der Waals surface area contributed by atoms with Gasteiger partial charge in [0.1, 0.15) is 5.58 Å². The van der Waals surface area contributed by atoms with E-state index in [0.717, 1.165) is 27.3 Å². The number of hydrogen-bond acceptors (Lipinski definition) is 5. The van der Waals surface area contributed by atoms with Gasteiger partial charge in [-0.25, -0.2) is 4.52 Å². The molecule has 6 aromatic rings. The fourth-order valence-electron chi connectivity index (χ4n) is 3.75. The highest BCUT2D eigenvalue weighted by Crippen LogP contribution is 2.29. The number of furan rings is 1. The number of carbonyl (C=O) groups is 1. The van der Waals surface area contributed by atoms with E-state index in [1.54, 1.807) is 23.0 Å². The summed E-state index contributed by atoms with van der Waals surface area (Å²) in [7, 11) is 0. The number of carbonyl (C=O) groups excluding carboxylic acids is 1. The zero-order chi connectivity index (χ0) is 20.1. The van der Waals surface area contributed by atoms with Crippen molar-refractivity contribution in [3.63, 3.8) is 0 Å². The minimum Gasteiger partial charge on any atom is -0.452 e. The maximum Gasteiger partial charge on any atom is 0.249 e. The number of hydrogen-bond donors (Lipinski definition) is 0. The number of rotatable bonds is 3. The van der Waals surface area contributed by atoms with Crippen LogP contribution in [0.15, 0.2) is 89.6 Å². The second-order valence-electron chi connectivity index (χ2n) is 7.05. The van der Waals surface area contributed by atoms with E-state index in [-0.39, 0.29) is 17.2 Å². The number of aromatic nitrogens is 4. The number of benzene rings is 3. The van der Waals surface area contributed by atoms with E-state index in [1.165, 1.54) is 0 Å². The van der Waals surface area contributed by atoms with Crippen LogP contribution in [0.1, 0.15) is 16.2 Å². The zero-order valence-electron chi connectivity index (χ0n) is 15.7. The quantitative estimate of drug-likeness (QED) is 0.401. The molecule has 6 rings (SSSR count). The third-order valence-electron chi connectivity index (χ3n) is 5.23. The molecule has 0 bridgehead atoms. The van der Waals surface area contributed by atoms with Gasteiger partial charge in [-0.1, -0.05) is 60.7 Å². The minimum absolute atomic E-state index is 0.175. The minimum atomic E-state index is -0.332. The smallest absolute Gasteiger partial charge is 0.249 e. The van der Waals surface area contributed by atoms with Crippen LogP contribution in [0, 0.1) is 0 Å². The summed E-state index contributed by atoms with van der Waals surface area (Å²) in [5.41, 5.74) is 3.28. The molecule has 0 spiro atoms. The lowest BCUT2D eigenvalue weighted by Gasteiger charge is -2.00. The van der Waals surface area contributed by atoms with Gasteiger partial charge in [0, 0.05) is 10.9 Å². The van der Waals surface area contributed by atoms with Crippen molar-refractivity contribution in [2.24, 2.45) is 0 Å². The maximum absolute atomic E-state index is 13.0. The van der Waals surface area contributed by atoms with Gasteiger partial charge in [0.15, 0.2) is 17.1 Å². The van der Waals surface area contributed by atoms with Crippen molar-refractivity contribution in [2.75, 3.05) is 0 Å². The Labute approximate surface area is 170 Å². The molecule has 0 amide bonds. The van der Waals surface area contributed by atoms with Crippen LogP contribution < -0.4 is 0 Å². The summed E-state index contributed by atoms with van der Waals surface area (Å²) in [6.45, 7) is 0. The molecule has 0 fully saturated rings. The first-order valence-electron chi connectivity index (χ1n) is 9.50. The van der Waals surface area contributed by atoms with Crippen molar-refractivity contribution in [3.8, 4) is 11.1 Å². The number of fused-ring (bicyclic) bond motifs is 4. The van der Waals surface area contributed by atoms with Gasteiger partial charge in [-0.05, 0) is 28.5 Å². The van der Waals surface area contributed by atoms with Crippen LogP contribution in [-0.4, -0.2) is 25.6 Å². The highest BCUT2D eigenvalue weighted by Gasteiger charge is 2.19. The van der Waals surface area contributed by atoms with Gasteiger partial charge >= 0.3 is 0 Å². The normalized spacial score (nSPS) is 11.5. The molecule has 0 saturated heterocycles. The molecule has 0 radical (unpaired) electrons. The zero-order valence-corrected chi connectivity index (χ0v) is 15.7. The van der Waals surface area contributed by atoms with E-state index in [0.29, 0.717) is 11.2 Å². The largest absolute Gasteiger partial charge is 0.452 e. The van der Waals surface area contributed by atoms with E-state index in [2.05, 4.69) is 15.3 Å². The van der Waals surface area contributed by atoms with Crippen LogP contribution in [0.25, 0.3) is 38.5 Å². The molecule has 3 heterocycles. The predicted octanol–water partition coefficient (Wildman–Crippen LogP) is 4.92. The van der Waals surface area contributed by atoms with Crippen LogP contribution in [0.3, 0.4) is 0 Å². The third kappa shape index (κ3) is 2.51. The molecule has 0 aliphatic heterocycles. The SMILES string of the molecule is O=C(c1cn2ncc(-c3ccccc3)c2nn1)c1cc2c(ccc3ccccc32)o1. The van der Waals surface area contributed by atoms with Gasteiger partial charge in [0.05, 0.1) is 12.4 Å². The van der Waals surface area contributed by atoms with Gasteiger partial charge < -0.3 is 4.42 Å². The topological polar surface area (TPSA) is 73.3 Å². The lowest BCUT2D eigenvalue weighted by Crippen LogP contribution is -2.07. The third-order valence-corrected chi connectivity index (χ3v) is 5.23. The lowest BCUT2D eigenvalue weighted by molar-refractivity contribution is 0.100. The van der Waals surface area contributed by atoms with Crippen LogP contribution >= 0.6 is 0 Å². The molecule has 142 valence electrons. The molecule has 0 atom stereocenters. The van der Waals surface area contributed by atoms with Gasteiger partial charge in [-0.15, -0.1) is 10.2 Å². The van der Waals surface area contributed by atoms with E-state index >= 15 is 0 Å². The van der Waals surface area contributed by atoms with Crippen LogP contribution in [0.5, 0.6) is 0 Å². The molecule has 3 aromatic carbocycles. The van der Waals surface area contributed by atoms with Crippen LogP contribution in [-0.2, 0) is 0 Å². The molecule has 0 saturated carbocycles. The fraction of sp³-hybridized carbons (Fsp3) is 0. The van der Waals surface area contributed by atoms with Crippen molar-refractivity contribution in [3.05, 3.63) is 96.6 Å². The monoisotopic (exact) mass is 390 g/mol. The van der Waals surface area contributed by atoms with E-state index in [4.69, 9.17) is 4.42 Å². The Hall–Kier alpha value is -4.32. The summed E-state index contributed by atoms with van der Waals surface area (Å²) < 4.78 is 7.40. The Bertz CT molecular complexity index is 1560. The average molecular weight is 390 g/mol. The first-order chi connectivity index (χ1) is 14.8. The molecule has 0 unspecified atom stereocenters. The molecule has 0 aliphatic carbocycles. The first-order valence-corrected chi connectivity index (χ1v) is 9.50. The molecule has 3 aromatic heterocycles. The highest BCUT2D eigenvalue weighted by atomic mass is 16.3. The summed E-state index contributed by atoms with van der Waals surface area (Å²) >= 11 is 0. The Balaban J connectivity index is 1.43. The number of nitrogens with zero attached hydrogens (tertiary/aromatic N) is 4. The summed E-state index contributed by atoms with van der Waals surface area (Å²) in [4.78, 5) is 13.0. The number of ketones is 1. The van der Waals surface area contributed by atoms with E-state index < -0.39 is 0 Å². The summed E-state index contributed by atoms with van der Waals surface area (Å²) in [6, 6.07) is 23.5. The van der Waals surface area contributed by atoms with Crippen molar-refractivity contribution < 1.29 is 9.21 Å². The predicted molar refractivity (Wildman–Crippen MR) is 113 cm³/mol. The fourth-order valence-corrected chi connectivity index (χ4v) is 3.75. The summed E-state index contributed by atoms with van der Waals surface area (Å²) in [5, 5.41) is 15.8. The Morgan fingerprint density at radius 3 is 2.60 bits per heavy atom. The van der Waals surface area contributed by atoms with Gasteiger partial charge in [0.2, 0.25) is 5.78 Å². The summed E-state index contributed by atoms with van der Waals surface area (Å²) in [6.07, 6.45) is 3.31.